The van der Waals surface area contributed by atoms with E-state index >= 15 is 0 Å². The Morgan fingerprint density at radius 3 is 2.68 bits per heavy atom. The maximum Gasteiger partial charge on any atom is 0.242 e. The van der Waals surface area contributed by atoms with Crippen molar-refractivity contribution in [2.45, 2.75) is 24.3 Å². The van der Waals surface area contributed by atoms with Gasteiger partial charge in [0.2, 0.25) is 10.0 Å². The molecule has 1 unspecified atom stereocenters. The Kier molecular flexibility index (Phi) is 6.10. The third-order valence-electron chi connectivity index (χ3n) is 2.52. The molecule has 8 heteroatoms. The fourth-order valence-corrected chi connectivity index (χ4v) is 4.67. The number of sulfonamides is 1. The molecule has 4 nitrogen and oxygen atoms in total. The fraction of sp³-hybridized carbons (Fsp3) is 0.455. The van der Waals surface area contributed by atoms with Crippen molar-refractivity contribution in [3.8, 4) is 0 Å². The molecule has 0 saturated carbocycles. The first-order chi connectivity index (χ1) is 8.81. The highest BCUT2D eigenvalue weighted by molar-refractivity contribution is 9.10. The minimum absolute atomic E-state index is 0.0500. The number of benzene rings is 1. The highest BCUT2D eigenvalue weighted by Gasteiger charge is 2.22. The monoisotopic (exact) mass is 370 g/mol. The van der Waals surface area contributed by atoms with Gasteiger partial charge in [0.15, 0.2) is 0 Å². The molecule has 0 aliphatic heterocycles. The Morgan fingerprint density at radius 1 is 1.53 bits per heavy atom. The lowest BCUT2D eigenvalue weighted by molar-refractivity contribution is 0.557. The summed E-state index contributed by atoms with van der Waals surface area (Å²) in [6.45, 7) is 1.90. The number of anilines is 1. The van der Waals surface area contributed by atoms with Crippen molar-refractivity contribution >= 4 is 43.4 Å². The van der Waals surface area contributed by atoms with Crippen molar-refractivity contribution in [1.82, 2.24) is 4.72 Å². The molecule has 3 N–H and O–H groups in total. The average Bonchev–Trinajstić information content (AvgIpc) is 2.32. The van der Waals surface area contributed by atoms with Crippen LogP contribution >= 0.6 is 27.7 Å². The summed E-state index contributed by atoms with van der Waals surface area (Å²) < 4.78 is 40.4. The second-order valence-corrected chi connectivity index (χ2v) is 7.43. The zero-order valence-corrected chi connectivity index (χ0v) is 13.8. The molecule has 108 valence electrons. The largest absolute Gasteiger partial charge is 0.396 e. The van der Waals surface area contributed by atoms with E-state index in [1.807, 2.05) is 13.2 Å². The van der Waals surface area contributed by atoms with Crippen molar-refractivity contribution in [3.05, 3.63) is 22.4 Å². The lowest BCUT2D eigenvalue weighted by Gasteiger charge is -2.17. The normalized spacial score (nSPS) is 13.5. The average molecular weight is 371 g/mol. The van der Waals surface area contributed by atoms with Crippen molar-refractivity contribution < 1.29 is 12.8 Å². The SMILES string of the molecule is CCC(CSC)NS(=O)(=O)c1cc(N)c(F)cc1Br. The van der Waals surface area contributed by atoms with Crippen LogP contribution in [0.3, 0.4) is 0 Å². The fourth-order valence-electron chi connectivity index (χ4n) is 1.47. The lowest BCUT2D eigenvalue weighted by atomic mass is 10.3. The summed E-state index contributed by atoms with van der Waals surface area (Å²) >= 11 is 4.60. The van der Waals surface area contributed by atoms with Gasteiger partial charge >= 0.3 is 0 Å². The predicted molar refractivity (Wildman–Crippen MR) is 81.3 cm³/mol. The molecule has 19 heavy (non-hydrogen) atoms. The number of thioether (sulfide) groups is 1. The Balaban J connectivity index is 3.10. The molecular weight excluding hydrogens is 355 g/mol. The van der Waals surface area contributed by atoms with Crippen LogP contribution in [0.2, 0.25) is 0 Å². The quantitative estimate of drug-likeness (QED) is 0.754. The number of nitrogens with one attached hydrogen (secondary N) is 1. The molecular formula is C11H16BrFN2O2S2. The molecule has 0 heterocycles. The first-order valence-electron chi connectivity index (χ1n) is 5.57. The van der Waals surface area contributed by atoms with Crippen LogP contribution in [-0.4, -0.2) is 26.5 Å². The molecule has 0 radical (unpaired) electrons. The molecule has 0 aromatic heterocycles. The zero-order chi connectivity index (χ0) is 14.6. The molecule has 0 bridgehead atoms. The summed E-state index contributed by atoms with van der Waals surface area (Å²) in [5.74, 6) is 0.0197. The number of nitrogens with two attached hydrogens (primary N) is 1. The third-order valence-corrected chi connectivity index (χ3v) is 5.74. The van der Waals surface area contributed by atoms with Gasteiger partial charge in [0, 0.05) is 16.3 Å². The minimum atomic E-state index is -3.72. The Morgan fingerprint density at radius 2 is 2.16 bits per heavy atom. The van der Waals surface area contributed by atoms with Crippen LogP contribution in [0.1, 0.15) is 13.3 Å². The number of rotatable bonds is 6. The molecule has 0 saturated heterocycles. The summed E-state index contributed by atoms with van der Waals surface area (Å²) in [7, 11) is -3.72. The minimum Gasteiger partial charge on any atom is -0.396 e. The Hall–Kier alpha value is -0.310. The van der Waals surface area contributed by atoms with Gasteiger partial charge in [-0.25, -0.2) is 17.5 Å². The van der Waals surface area contributed by atoms with Gasteiger partial charge in [0.05, 0.1) is 10.6 Å². The van der Waals surface area contributed by atoms with Crippen molar-refractivity contribution in [2.75, 3.05) is 17.7 Å². The highest BCUT2D eigenvalue weighted by atomic mass is 79.9. The Bertz CT molecular complexity index is 552. The van der Waals surface area contributed by atoms with Gasteiger partial charge in [-0.15, -0.1) is 0 Å². The van der Waals surface area contributed by atoms with E-state index in [4.69, 9.17) is 5.73 Å². The number of nitrogen functional groups attached to an aromatic ring is 1. The van der Waals surface area contributed by atoms with Crippen LogP contribution in [0.5, 0.6) is 0 Å². The van der Waals surface area contributed by atoms with Crippen LogP contribution < -0.4 is 10.5 Å². The van der Waals surface area contributed by atoms with E-state index in [0.29, 0.717) is 12.2 Å². The van der Waals surface area contributed by atoms with Crippen molar-refractivity contribution in [3.63, 3.8) is 0 Å². The van der Waals surface area contributed by atoms with Crippen LogP contribution in [0.15, 0.2) is 21.5 Å². The third kappa shape index (κ3) is 4.34. The molecule has 1 aromatic carbocycles. The van der Waals surface area contributed by atoms with Gasteiger partial charge in [-0.3, -0.25) is 0 Å². The molecule has 0 aliphatic carbocycles. The molecule has 1 aromatic rings. The highest BCUT2D eigenvalue weighted by Crippen LogP contribution is 2.27. The summed E-state index contributed by atoms with van der Waals surface area (Å²) in [5.41, 5.74) is 5.22. The Labute approximate surface area is 125 Å². The maximum atomic E-state index is 13.2. The molecule has 0 fully saturated rings. The van der Waals surface area contributed by atoms with E-state index in [1.165, 1.54) is 0 Å². The van der Waals surface area contributed by atoms with E-state index in [2.05, 4.69) is 20.7 Å². The lowest BCUT2D eigenvalue weighted by Crippen LogP contribution is -2.36. The number of hydrogen-bond acceptors (Lipinski definition) is 4. The number of hydrogen-bond donors (Lipinski definition) is 2. The first-order valence-corrected chi connectivity index (χ1v) is 9.24. The second kappa shape index (κ2) is 6.92. The van der Waals surface area contributed by atoms with Crippen molar-refractivity contribution in [1.29, 1.82) is 0 Å². The van der Waals surface area contributed by atoms with Crippen molar-refractivity contribution in [2.24, 2.45) is 0 Å². The molecule has 1 atom stereocenters. The summed E-state index contributed by atoms with van der Waals surface area (Å²) in [6, 6.07) is 2.01. The summed E-state index contributed by atoms with van der Waals surface area (Å²) in [6.07, 6.45) is 2.58. The van der Waals surface area contributed by atoms with Gasteiger partial charge in [-0.05, 0) is 40.7 Å². The van der Waals surface area contributed by atoms with Gasteiger partial charge in [0.25, 0.3) is 0 Å². The maximum absolute atomic E-state index is 13.2. The molecule has 0 amide bonds. The van der Waals surface area contributed by atoms with Gasteiger partial charge < -0.3 is 5.73 Å². The summed E-state index contributed by atoms with van der Waals surface area (Å²) in [5, 5.41) is 0. The van der Waals surface area contributed by atoms with Gasteiger partial charge in [-0.1, -0.05) is 6.92 Å². The van der Waals surface area contributed by atoms with Crippen LogP contribution in [0.4, 0.5) is 10.1 Å². The van der Waals surface area contributed by atoms with E-state index in [-0.39, 0.29) is 21.1 Å². The summed E-state index contributed by atoms with van der Waals surface area (Å²) in [4.78, 5) is -0.0500. The predicted octanol–water partition coefficient (Wildman–Crippen LogP) is 2.59. The molecule has 0 aliphatic rings. The zero-order valence-electron chi connectivity index (χ0n) is 10.6. The van der Waals surface area contributed by atoms with Crippen LogP contribution in [0, 0.1) is 5.82 Å². The van der Waals surface area contributed by atoms with E-state index in [0.717, 1.165) is 12.1 Å². The van der Waals surface area contributed by atoms with E-state index < -0.39 is 15.8 Å². The smallest absolute Gasteiger partial charge is 0.242 e. The first kappa shape index (κ1) is 16.7. The topological polar surface area (TPSA) is 72.2 Å². The second-order valence-electron chi connectivity index (χ2n) is 3.99. The van der Waals surface area contributed by atoms with Gasteiger partial charge in [0.1, 0.15) is 5.82 Å². The van der Waals surface area contributed by atoms with E-state index in [1.54, 1.807) is 11.8 Å². The van der Waals surface area contributed by atoms with E-state index in [9.17, 15) is 12.8 Å². The van der Waals surface area contributed by atoms with Crippen LogP contribution in [-0.2, 0) is 10.0 Å². The van der Waals surface area contributed by atoms with Gasteiger partial charge in [-0.2, -0.15) is 11.8 Å². The number of halogens is 2. The van der Waals surface area contributed by atoms with Crippen LogP contribution in [0.25, 0.3) is 0 Å². The molecule has 0 spiro atoms. The molecule has 1 rings (SSSR count). The standard InChI is InChI=1S/C11H16BrFN2O2S2/c1-3-7(6-18-2)15-19(16,17)11-5-10(14)9(13)4-8(11)12/h4-5,7,15H,3,6,14H2,1-2H3.